The number of rotatable bonds is 5. The molecule has 0 amide bonds. The van der Waals surface area contributed by atoms with Gasteiger partial charge in [-0.3, -0.25) is 0 Å². The first-order valence-electron chi connectivity index (χ1n) is 5.12. The highest BCUT2D eigenvalue weighted by Gasteiger charge is 2.05. The maximum absolute atomic E-state index is 6.00. The molecule has 2 N–H and O–H groups in total. The molecule has 1 rings (SSSR count). The van der Waals surface area contributed by atoms with Crippen molar-refractivity contribution in [2.75, 3.05) is 5.75 Å². The summed E-state index contributed by atoms with van der Waals surface area (Å²) in [6.07, 6.45) is 1.11. The predicted octanol–water partition coefficient (Wildman–Crippen LogP) is 3.15. The van der Waals surface area contributed by atoms with Crippen LogP contribution >= 0.6 is 11.8 Å². The Hall–Kier alpha value is -0.470. The highest BCUT2D eigenvalue weighted by atomic mass is 32.2. The molecule has 0 bridgehead atoms. The highest BCUT2D eigenvalue weighted by molar-refractivity contribution is 7.99. The molecule has 0 spiro atoms. The normalized spacial score (nSPS) is 13.1. The fourth-order valence-corrected chi connectivity index (χ4v) is 2.29. The number of hydrogen-bond acceptors (Lipinski definition) is 2. The first-order valence-corrected chi connectivity index (χ1v) is 6.10. The molecule has 0 fully saturated rings. The Morgan fingerprint density at radius 2 is 1.86 bits per heavy atom. The molecule has 0 heterocycles. The maximum Gasteiger partial charge on any atom is 0.0136 e. The van der Waals surface area contributed by atoms with Gasteiger partial charge in [-0.1, -0.05) is 32.0 Å². The topological polar surface area (TPSA) is 26.0 Å². The van der Waals surface area contributed by atoms with Gasteiger partial charge < -0.3 is 5.73 Å². The van der Waals surface area contributed by atoms with Crippen molar-refractivity contribution in [3.8, 4) is 0 Å². The Morgan fingerprint density at radius 3 is 2.43 bits per heavy atom. The van der Waals surface area contributed by atoms with Crippen LogP contribution in [0.15, 0.2) is 35.2 Å². The summed E-state index contributed by atoms with van der Waals surface area (Å²) in [5.74, 6) is 1.71. The van der Waals surface area contributed by atoms with Crippen molar-refractivity contribution in [1.29, 1.82) is 0 Å². The molecule has 0 unspecified atom stereocenters. The summed E-state index contributed by atoms with van der Waals surface area (Å²) in [4.78, 5) is 1.31. The van der Waals surface area contributed by atoms with Crippen LogP contribution in [-0.2, 0) is 0 Å². The highest BCUT2D eigenvalue weighted by Crippen LogP contribution is 2.19. The Balaban J connectivity index is 2.27. The summed E-state index contributed by atoms with van der Waals surface area (Å²) in [7, 11) is 0. The lowest BCUT2D eigenvalue weighted by molar-refractivity contribution is 0.524. The first kappa shape index (κ1) is 11.6. The van der Waals surface area contributed by atoms with Crippen molar-refractivity contribution in [3.05, 3.63) is 30.3 Å². The third kappa shape index (κ3) is 4.68. The maximum atomic E-state index is 6.00. The van der Waals surface area contributed by atoms with Crippen LogP contribution in [0.4, 0.5) is 0 Å². The molecule has 1 atom stereocenters. The second-order valence-corrected chi connectivity index (χ2v) is 5.11. The molecule has 1 nitrogen and oxygen atoms in total. The predicted molar refractivity (Wildman–Crippen MR) is 64.6 cm³/mol. The van der Waals surface area contributed by atoms with Gasteiger partial charge in [0.05, 0.1) is 0 Å². The second-order valence-electron chi connectivity index (χ2n) is 4.01. The van der Waals surface area contributed by atoms with Crippen LogP contribution in [0, 0.1) is 5.92 Å². The summed E-state index contributed by atoms with van der Waals surface area (Å²) in [5.41, 5.74) is 6.00. The zero-order valence-electron chi connectivity index (χ0n) is 8.94. The molecule has 1 aromatic carbocycles. The average Bonchev–Trinajstić information content (AvgIpc) is 2.15. The first-order chi connectivity index (χ1) is 6.68. The van der Waals surface area contributed by atoms with Crippen LogP contribution in [-0.4, -0.2) is 11.8 Å². The smallest absolute Gasteiger partial charge is 0.0136 e. The van der Waals surface area contributed by atoms with Crippen LogP contribution in [0.5, 0.6) is 0 Å². The average molecular weight is 209 g/mol. The van der Waals surface area contributed by atoms with E-state index in [0.29, 0.717) is 12.0 Å². The lowest BCUT2D eigenvalue weighted by Gasteiger charge is -2.13. The lowest BCUT2D eigenvalue weighted by atomic mass is 10.1. The zero-order chi connectivity index (χ0) is 10.4. The van der Waals surface area contributed by atoms with Crippen molar-refractivity contribution in [2.45, 2.75) is 31.2 Å². The van der Waals surface area contributed by atoms with E-state index >= 15 is 0 Å². The molecular formula is C12H19NS. The Bertz CT molecular complexity index is 246. The molecule has 0 aliphatic rings. The van der Waals surface area contributed by atoms with E-state index in [2.05, 4.69) is 38.1 Å². The van der Waals surface area contributed by atoms with Gasteiger partial charge in [0.25, 0.3) is 0 Å². The van der Waals surface area contributed by atoms with E-state index in [4.69, 9.17) is 5.73 Å². The van der Waals surface area contributed by atoms with E-state index in [1.165, 1.54) is 4.90 Å². The van der Waals surface area contributed by atoms with Crippen molar-refractivity contribution >= 4 is 11.8 Å². The standard InChI is InChI=1S/C12H19NS/c1-10(2)8-11(13)9-14-12-6-4-3-5-7-12/h3-7,10-11H,8-9,13H2,1-2H3/t11-/m0/s1. The number of nitrogens with two attached hydrogens (primary N) is 1. The van der Waals surface area contributed by atoms with E-state index in [-0.39, 0.29) is 0 Å². The molecule has 78 valence electrons. The minimum atomic E-state index is 0.320. The van der Waals surface area contributed by atoms with Gasteiger partial charge in [-0.2, -0.15) is 0 Å². The molecule has 0 aliphatic carbocycles. The van der Waals surface area contributed by atoms with Crippen LogP contribution in [0.25, 0.3) is 0 Å². The summed E-state index contributed by atoms with van der Waals surface area (Å²) < 4.78 is 0. The molecule has 1 aromatic rings. The molecule has 0 radical (unpaired) electrons. The SMILES string of the molecule is CC(C)C[C@H](N)CSc1ccccc1. The van der Waals surface area contributed by atoms with Gasteiger partial charge in [-0.15, -0.1) is 11.8 Å². The Kier molecular flexibility index (Phi) is 5.05. The van der Waals surface area contributed by atoms with Gasteiger partial charge in [0.1, 0.15) is 0 Å². The minimum Gasteiger partial charge on any atom is -0.327 e. The van der Waals surface area contributed by atoms with Crippen molar-refractivity contribution in [3.63, 3.8) is 0 Å². The lowest BCUT2D eigenvalue weighted by Crippen LogP contribution is -2.24. The van der Waals surface area contributed by atoms with Crippen molar-refractivity contribution in [1.82, 2.24) is 0 Å². The van der Waals surface area contributed by atoms with Crippen LogP contribution in [0.3, 0.4) is 0 Å². The van der Waals surface area contributed by atoms with Gasteiger partial charge in [0.2, 0.25) is 0 Å². The van der Waals surface area contributed by atoms with E-state index in [9.17, 15) is 0 Å². The molecular weight excluding hydrogens is 190 g/mol. The summed E-state index contributed by atoms with van der Waals surface area (Å²) >= 11 is 1.85. The summed E-state index contributed by atoms with van der Waals surface area (Å²) in [6.45, 7) is 4.43. The van der Waals surface area contributed by atoms with Crippen LogP contribution < -0.4 is 5.73 Å². The van der Waals surface area contributed by atoms with Gasteiger partial charge in [0, 0.05) is 16.7 Å². The second kappa shape index (κ2) is 6.10. The fourth-order valence-electron chi connectivity index (χ4n) is 1.39. The van der Waals surface area contributed by atoms with Gasteiger partial charge in [0.15, 0.2) is 0 Å². The molecule has 14 heavy (non-hydrogen) atoms. The van der Waals surface area contributed by atoms with Crippen molar-refractivity contribution in [2.24, 2.45) is 11.7 Å². The minimum absolute atomic E-state index is 0.320. The quantitative estimate of drug-likeness (QED) is 0.754. The van der Waals surface area contributed by atoms with Crippen LogP contribution in [0.1, 0.15) is 20.3 Å². The molecule has 0 aliphatic heterocycles. The van der Waals surface area contributed by atoms with Crippen molar-refractivity contribution < 1.29 is 0 Å². The zero-order valence-corrected chi connectivity index (χ0v) is 9.76. The molecule has 0 saturated carbocycles. The Labute approximate surface area is 91.1 Å². The molecule has 0 aromatic heterocycles. The molecule has 0 saturated heterocycles. The van der Waals surface area contributed by atoms with Gasteiger partial charge >= 0.3 is 0 Å². The summed E-state index contributed by atoms with van der Waals surface area (Å²) in [6, 6.07) is 10.8. The Morgan fingerprint density at radius 1 is 1.21 bits per heavy atom. The fraction of sp³-hybridized carbons (Fsp3) is 0.500. The monoisotopic (exact) mass is 209 g/mol. The van der Waals surface area contributed by atoms with E-state index < -0.39 is 0 Å². The van der Waals surface area contributed by atoms with E-state index in [0.717, 1.165) is 12.2 Å². The van der Waals surface area contributed by atoms with Gasteiger partial charge in [-0.25, -0.2) is 0 Å². The number of thioether (sulfide) groups is 1. The van der Waals surface area contributed by atoms with Gasteiger partial charge in [-0.05, 0) is 24.5 Å². The molecule has 2 heteroatoms. The third-order valence-corrected chi connectivity index (χ3v) is 3.18. The van der Waals surface area contributed by atoms with E-state index in [1.807, 2.05) is 17.8 Å². The summed E-state index contributed by atoms with van der Waals surface area (Å²) in [5, 5.41) is 0. The van der Waals surface area contributed by atoms with Crippen LogP contribution in [0.2, 0.25) is 0 Å². The van der Waals surface area contributed by atoms with E-state index in [1.54, 1.807) is 0 Å². The number of hydrogen-bond donors (Lipinski definition) is 1. The largest absolute Gasteiger partial charge is 0.327 e. The third-order valence-electron chi connectivity index (χ3n) is 1.98. The number of benzene rings is 1.